The fourth-order valence-electron chi connectivity index (χ4n) is 2.45. The monoisotopic (exact) mass is 303 g/mol. The third-order valence-corrected chi connectivity index (χ3v) is 4.61. The molecule has 1 aliphatic heterocycles. The quantitative estimate of drug-likeness (QED) is 0.862. The van der Waals surface area contributed by atoms with Crippen molar-refractivity contribution >= 4 is 16.7 Å². The number of aromatic nitrogens is 4. The van der Waals surface area contributed by atoms with Crippen molar-refractivity contribution in [3.63, 3.8) is 0 Å². The molecular weight excluding hydrogens is 286 g/mol. The van der Waals surface area contributed by atoms with Gasteiger partial charge in [0.2, 0.25) is 5.13 Å². The molecule has 6 nitrogen and oxygen atoms in total. The number of hydrogen-bond acceptors (Lipinski definition) is 7. The molecule has 1 aliphatic carbocycles. The first-order chi connectivity index (χ1) is 10.3. The van der Waals surface area contributed by atoms with Crippen LogP contribution in [0.3, 0.4) is 0 Å². The van der Waals surface area contributed by atoms with Crippen LogP contribution in [-0.2, 0) is 0 Å². The molecule has 7 heteroatoms. The summed E-state index contributed by atoms with van der Waals surface area (Å²) in [6.07, 6.45) is 7.14. The van der Waals surface area contributed by atoms with Crippen molar-refractivity contribution in [2.45, 2.75) is 38.2 Å². The summed E-state index contributed by atoms with van der Waals surface area (Å²) in [6, 6.07) is 0.461. The third kappa shape index (κ3) is 2.83. The fraction of sp³-hybridized carbons (Fsp3) is 0.571. The van der Waals surface area contributed by atoms with E-state index in [4.69, 9.17) is 4.74 Å². The third-order valence-electron chi connectivity index (χ3n) is 3.82. The van der Waals surface area contributed by atoms with Gasteiger partial charge >= 0.3 is 6.01 Å². The highest BCUT2D eigenvalue weighted by molar-refractivity contribution is 7.09. The van der Waals surface area contributed by atoms with E-state index >= 15 is 0 Å². The molecule has 110 valence electrons. The van der Waals surface area contributed by atoms with E-state index in [0.717, 1.165) is 36.0 Å². The number of anilines is 1. The summed E-state index contributed by atoms with van der Waals surface area (Å²) in [5.41, 5.74) is 1.04. The lowest BCUT2D eigenvalue weighted by Crippen LogP contribution is -2.25. The molecule has 1 atom stereocenters. The second-order valence-corrected chi connectivity index (χ2v) is 6.46. The zero-order valence-electron chi connectivity index (χ0n) is 11.9. The second-order valence-electron chi connectivity index (χ2n) is 5.73. The van der Waals surface area contributed by atoms with Gasteiger partial charge < -0.3 is 9.64 Å². The predicted octanol–water partition coefficient (Wildman–Crippen LogP) is 2.17. The molecule has 1 unspecified atom stereocenters. The maximum Gasteiger partial charge on any atom is 0.316 e. The first kappa shape index (κ1) is 12.9. The Hall–Kier alpha value is -1.76. The van der Waals surface area contributed by atoms with Crippen molar-refractivity contribution in [3.8, 4) is 6.01 Å². The standard InChI is InChI=1S/C14H17N5OS/c1-9-6-15-13(16-7-9)20-11-4-5-19(8-11)14-17-12(18-21-14)10-2-3-10/h6-7,10-11H,2-5,8H2,1H3. The van der Waals surface area contributed by atoms with Crippen molar-refractivity contribution in [2.24, 2.45) is 0 Å². The number of aryl methyl sites for hydroxylation is 1. The second kappa shape index (κ2) is 5.22. The summed E-state index contributed by atoms with van der Waals surface area (Å²) in [5, 5.41) is 1.02. The Bertz CT molecular complexity index is 625. The van der Waals surface area contributed by atoms with Crippen LogP contribution in [0.2, 0.25) is 0 Å². The molecule has 2 fully saturated rings. The van der Waals surface area contributed by atoms with E-state index in [-0.39, 0.29) is 6.10 Å². The molecule has 0 aromatic carbocycles. The van der Waals surface area contributed by atoms with E-state index in [9.17, 15) is 0 Å². The van der Waals surface area contributed by atoms with Gasteiger partial charge in [0.25, 0.3) is 0 Å². The Labute approximate surface area is 127 Å². The van der Waals surface area contributed by atoms with Crippen LogP contribution in [0.1, 0.15) is 36.6 Å². The Kier molecular flexibility index (Phi) is 3.21. The number of rotatable bonds is 4. The Morgan fingerprint density at radius 2 is 2.05 bits per heavy atom. The van der Waals surface area contributed by atoms with Crippen molar-refractivity contribution in [3.05, 3.63) is 23.8 Å². The van der Waals surface area contributed by atoms with Crippen LogP contribution in [0.4, 0.5) is 5.13 Å². The van der Waals surface area contributed by atoms with Crippen LogP contribution < -0.4 is 9.64 Å². The average molecular weight is 303 g/mol. The van der Waals surface area contributed by atoms with Gasteiger partial charge in [0.05, 0.1) is 6.54 Å². The predicted molar refractivity (Wildman–Crippen MR) is 79.9 cm³/mol. The molecule has 0 radical (unpaired) electrons. The topological polar surface area (TPSA) is 64.0 Å². The maximum absolute atomic E-state index is 5.84. The smallest absolute Gasteiger partial charge is 0.316 e. The molecule has 1 saturated carbocycles. The van der Waals surface area contributed by atoms with E-state index in [2.05, 4.69) is 24.2 Å². The molecule has 3 heterocycles. The van der Waals surface area contributed by atoms with Crippen molar-refractivity contribution in [1.29, 1.82) is 0 Å². The number of ether oxygens (including phenoxy) is 1. The minimum Gasteiger partial charge on any atom is -0.458 e. The van der Waals surface area contributed by atoms with Gasteiger partial charge in [0.1, 0.15) is 11.9 Å². The lowest BCUT2D eigenvalue weighted by atomic mass is 10.3. The first-order valence-corrected chi connectivity index (χ1v) is 8.09. The van der Waals surface area contributed by atoms with Crippen molar-refractivity contribution < 1.29 is 4.74 Å². The summed E-state index contributed by atoms with van der Waals surface area (Å²) in [4.78, 5) is 15.3. The Morgan fingerprint density at radius 3 is 2.81 bits per heavy atom. The molecule has 0 amide bonds. The Balaban J connectivity index is 1.38. The highest BCUT2D eigenvalue weighted by Gasteiger charge is 2.31. The summed E-state index contributed by atoms with van der Waals surface area (Å²) in [7, 11) is 0. The van der Waals surface area contributed by atoms with Gasteiger partial charge in [0, 0.05) is 42.8 Å². The van der Waals surface area contributed by atoms with Gasteiger partial charge in [-0.15, -0.1) is 0 Å². The molecule has 0 bridgehead atoms. The van der Waals surface area contributed by atoms with E-state index in [1.54, 1.807) is 12.4 Å². The minimum atomic E-state index is 0.126. The number of nitrogens with zero attached hydrogens (tertiary/aromatic N) is 5. The molecule has 0 N–H and O–H groups in total. The van der Waals surface area contributed by atoms with E-state index in [0.29, 0.717) is 11.9 Å². The van der Waals surface area contributed by atoms with E-state index in [1.165, 1.54) is 24.4 Å². The zero-order chi connectivity index (χ0) is 14.2. The van der Waals surface area contributed by atoms with Crippen LogP contribution in [0.25, 0.3) is 0 Å². The normalized spacial score (nSPS) is 21.8. The summed E-state index contributed by atoms with van der Waals surface area (Å²) < 4.78 is 10.3. The zero-order valence-corrected chi connectivity index (χ0v) is 12.7. The summed E-state index contributed by atoms with van der Waals surface area (Å²) in [5.74, 6) is 1.65. The molecular formula is C14H17N5OS. The van der Waals surface area contributed by atoms with Gasteiger partial charge in [-0.05, 0) is 25.3 Å². The highest BCUT2D eigenvalue weighted by atomic mass is 32.1. The van der Waals surface area contributed by atoms with Gasteiger partial charge in [-0.2, -0.15) is 4.37 Å². The molecule has 2 aromatic rings. The maximum atomic E-state index is 5.84. The van der Waals surface area contributed by atoms with Gasteiger partial charge in [-0.3, -0.25) is 0 Å². The number of hydrogen-bond donors (Lipinski definition) is 0. The lowest BCUT2D eigenvalue weighted by molar-refractivity contribution is 0.206. The Morgan fingerprint density at radius 1 is 1.24 bits per heavy atom. The van der Waals surface area contributed by atoms with Gasteiger partial charge in [-0.25, -0.2) is 15.0 Å². The molecule has 1 saturated heterocycles. The average Bonchev–Trinajstić information content (AvgIpc) is 3.04. The van der Waals surface area contributed by atoms with Crippen LogP contribution >= 0.6 is 11.5 Å². The molecule has 21 heavy (non-hydrogen) atoms. The fourth-order valence-corrected chi connectivity index (χ4v) is 3.23. The molecule has 4 rings (SSSR count). The summed E-state index contributed by atoms with van der Waals surface area (Å²) >= 11 is 1.50. The first-order valence-electron chi connectivity index (χ1n) is 7.32. The summed E-state index contributed by atoms with van der Waals surface area (Å²) in [6.45, 7) is 3.75. The highest BCUT2D eigenvalue weighted by Crippen LogP contribution is 2.40. The van der Waals surface area contributed by atoms with Crippen molar-refractivity contribution in [1.82, 2.24) is 19.3 Å². The van der Waals surface area contributed by atoms with E-state index < -0.39 is 0 Å². The minimum absolute atomic E-state index is 0.126. The van der Waals surface area contributed by atoms with Gasteiger partial charge in [0.15, 0.2) is 0 Å². The SMILES string of the molecule is Cc1cnc(OC2CCN(c3nc(C4CC4)ns3)C2)nc1. The molecule has 2 aromatic heterocycles. The molecule has 0 spiro atoms. The van der Waals surface area contributed by atoms with Crippen LogP contribution in [0.5, 0.6) is 6.01 Å². The van der Waals surface area contributed by atoms with E-state index in [1.807, 2.05) is 6.92 Å². The van der Waals surface area contributed by atoms with Crippen LogP contribution in [-0.4, -0.2) is 38.5 Å². The largest absolute Gasteiger partial charge is 0.458 e. The van der Waals surface area contributed by atoms with Gasteiger partial charge in [-0.1, -0.05) is 0 Å². The lowest BCUT2D eigenvalue weighted by Gasteiger charge is -2.14. The van der Waals surface area contributed by atoms with Crippen LogP contribution in [0.15, 0.2) is 12.4 Å². The van der Waals surface area contributed by atoms with Crippen LogP contribution in [0, 0.1) is 6.92 Å². The molecule has 2 aliphatic rings. The van der Waals surface area contributed by atoms with Crippen molar-refractivity contribution in [2.75, 3.05) is 18.0 Å².